The molecule has 6 nitrogen and oxygen atoms in total. The van der Waals surface area contributed by atoms with Gasteiger partial charge in [-0.2, -0.15) is 0 Å². The van der Waals surface area contributed by atoms with Crippen molar-refractivity contribution >= 4 is 29.1 Å². The van der Waals surface area contributed by atoms with E-state index in [0.717, 1.165) is 11.1 Å². The van der Waals surface area contributed by atoms with Gasteiger partial charge in [-0.3, -0.25) is 4.79 Å². The summed E-state index contributed by atoms with van der Waals surface area (Å²) >= 11 is 6.10. The molecule has 3 aromatic rings. The lowest BCUT2D eigenvalue weighted by Gasteiger charge is -2.14. The lowest BCUT2D eigenvalue weighted by Crippen LogP contribution is -2.15. The Bertz CT molecular complexity index is 962. The van der Waals surface area contributed by atoms with Crippen LogP contribution in [0.3, 0.4) is 0 Å². The smallest absolute Gasteiger partial charge is 0.258 e. The number of ether oxygens (including phenoxy) is 1. The Labute approximate surface area is 168 Å². The highest BCUT2D eigenvalue weighted by Gasteiger charge is 2.13. The molecule has 144 valence electrons. The molecule has 1 unspecified atom stereocenters. The monoisotopic (exact) mass is 396 g/mol. The zero-order valence-corrected chi connectivity index (χ0v) is 16.6. The van der Waals surface area contributed by atoms with Crippen LogP contribution in [0.1, 0.15) is 34.5 Å². The topological polar surface area (TPSA) is 76.1 Å². The van der Waals surface area contributed by atoms with Crippen LogP contribution < -0.4 is 15.4 Å². The number of anilines is 2. The lowest BCUT2D eigenvalue weighted by atomic mass is 10.1. The summed E-state index contributed by atoms with van der Waals surface area (Å²) < 4.78 is 5.28. The van der Waals surface area contributed by atoms with Gasteiger partial charge in [-0.25, -0.2) is 9.97 Å². The number of hydrogen-bond donors (Lipinski definition) is 2. The maximum Gasteiger partial charge on any atom is 0.258 e. The largest absolute Gasteiger partial charge is 0.495 e. The zero-order chi connectivity index (χ0) is 20.1. The van der Waals surface area contributed by atoms with E-state index in [2.05, 4.69) is 20.6 Å². The Hall–Kier alpha value is -3.12. The SMILES string of the molecule is COc1cc(Cl)c(C)cc1NC(=O)c1cnc(NC(C)c2ccccc2)nc1. The van der Waals surface area contributed by atoms with Gasteiger partial charge in [-0.15, -0.1) is 0 Å². The minimum Gasteiger partial charge on any atom is -0.495 e. The summed E-state index contributed by atoms with van der Waals surface area (Å²) in [5, 5.41) is 6.60. The van der Waals surface area contributed by atoms with Gasteiger partial charge in [-0.1, -0.05) is 41.9 Å². The summed E-state index contributed by atoms with van der Waals surface area (Å²) in [6.45, 7) is 3.88. The van der Waals surface area contributed by atoms with E-state index < -0.39 is 0 Å². The fourth-order valence-electron chi connectivity index (χ4n) is 2.66. The number of aromatic nitrogens is 2. The first-order valence-corrected chi connectivity index (χ1v) is 9.14. The zero-order valence-electron chi connectivity index (χ0n) is 15.9. The van der Waals surface area contributed by atoms with Gasteiger partial charge >= 0.3 is 0 Å². The van der Waals surface area contributed by atoms with Crippen LogP contribution in [0.2, 0.25) is 5.02 Å². The van der Waals surface area contributed by atoms with E-state index in [-0.39, 0.29) is 11.9 Å². The molecule has 3 rings (SSSR count). The van der Waals surface area contributed by atoms with Crippen LogP contribution in [0.15, 0.2) is 54.9 Å². The number of nitrogens with zero attached hydrogens (tertiary/aromatic N) is 2. The second-order valence-electron chi connectivity index (χ2n) is 6.33. The second kappa shape index (κ2) is 8.71. The minimum absolute atomic E-state index is 0.0437. The van der Waals surface area contributed by atoms with Gasteiger partial charge in [-0.05, 0) is 31.0 Å². The van der Waals surface area contributed by atoms with Crippen LogP contribution in [-0.2, 0) is 0 Å². The number of benzene rings is 2. The summed E-state index contributed by atoms with van der Waals surface area (Å²) in [6, 6.07) is 13.5. The van der Waals surface area contributed by atoms with Crippen molar-refractivity contribution in [1.82, 2.24) is 9.97 Å². The number of rotatable bonds is 6. The van der Waals surface area contributed by atoms with Gasteiger partial charge in [0.15, 0.2) is 0 Å². The van der Waals surface area contributed by atoms with E-state index in [1.807, 2.05) is 44.2 Å². The van der Waals surface area contributed by atoms with Crippen molar-refractivity contribution in [2.24, 2.45) is 0 Å². The molecule has 0 bridgehead atoms. The van der Waals surface area contributed by atoms with Crippen LogP contribution in [0.25, 0.3) is 0 Å². The second-order valence-corrected chi connectivity index (χ2v) is 6.74. The third-order valence-electron chi connectivity index (χ3n) is 4.29. The maximum atomic E-state index is 12.5. The first-order chi connectivity index (χ1) is 13.5. The molecule has 1 aromatic heterocycles. The molecule has 2 aromatic carbocycles. The number of aryl methyl sites for hydroxylation is 1. The molecule has 0 aliphatic rings. The van der Waals surface area contributed by atoms with Crippen LogP contribution in [0.5, 0.6) is 5.75 Å². The van der Waals surface area contributed by atoms with Crippen LogP contribution >= 0.6 is 11.6 Å². The van der Waals surface area contributed by atoms with Crippen LogP contribution in [0, 0.1) is 6.92 Å². The number of nitrogens with one attached hydrogen (secondary N) is 2. The summed E-state index contributed by atoms with van der Waals surface area (Å²) in [6.07, 6.45) is 2.97. The standard InChI is InChI=1S/C21H21ClN4O2/c1-13-9-18(19(28-3)10-17(13)22)26-20(27)16-11-23-21(24-12-16)25-14(2)15-7-5-4-6-8-15/h4-12,14H,1-3H3,(H,26,27)(H,23,24,25). The van der Waals surface area contributed by atoms with Crippen molar-refractivity contribution in [3.8, 4) is 5.75 Å². The highest BCUT2D eigenvalue weighted by molar-refractivity contribution is 6.31. The van der Waals surface area contributed by atoms with Crippen molar-refractivity contribution < 1.29 is 9.53 Å². The summed E-state index contributed by atoms with van der Waals surface area (Å²) in [5.41, 5.74) is 2.84. The fourth-order valence-corrected chi connectivity index (χ4v) is 2.82. The predicted molar refractivity (Wildman–Crippen MR) is 111 cm³/mol. The Morgan fingerprint density at radius 2 is 1.82 bits per heavy atom. The number of amides is 1. The van der Waals surface area contributed by atoms with Crippen molar-refractivity contribution in [1.29, 1.82) is 0 Å². The molecule has 0 saturated carbocycles. The van der Waals surface area contributed by atoms with Gasteiger partial charge in [0, 0.05) is 23.5 Å². The average Bonchev–Trinajstić information content (AvgIpc) is 2.71. The minimum atomic E-state index is -0.331. The van der Waals surface area contributed by atoms with E-state index in [1.54, 1.807) is 12.1 Å². The van der Waals surface area contributed by atoms with Crippen molar-refractivity contribution in [2.45, 2.75) is 19.9 Å². The van der Waals surface area contributed by atoms with Gasteiger partial charge in [0.1, 0.15) is 5.75 Å². The Kier molecular flexibility index (Phi) is 6.11. The molecule has 2 N–H and O–H groups in total. The first-order valence-electron chi connectivity index (χ1n) is 8.77. The first kappa shape index (κ1) is 19.6. The third kappa shape index (κ3) is 4.58. The molecule has 0 radical (unpaired) electrons. The Balaban J connectivity index is 1.70. The van der Waals surface area contributed by atoms with E-state index in [9.17, 15) is 4.79 Å². The van der Waals surface area contributed by atoms with Crippen molar-refractivity contribution in [3.05, 3.63) is 76.6 Å². The molecule has 0 spiro atoms. The van der Waals surface area contributed by atoms with Crippen LogP contribution in [0.4, 0.5) is 11.6 Å². The van der Waals surface area contributed by atoms with Gasteiger partial charge in [0.2, 0.25) is 5.95 Å². The molecule has 1 atom stereocenters. The maximum absolute atomic E-state index is 12.5. The van der Waals surface area contributed by atoms with Crippen molar-refractivity contribution in [3.63, 3.8) is 0 Å². The van der Waals surface area contributed by atoms with Crippen LogP contribution in [-0.4, -0.2) is 23.0 Å². The van der Waals surface area contributed by atoms with E-state index in [0.29, 0.717) is 28.0 Å². The summed E-state index contributed by atoms with van der Waals surface area (Å²) in [5.74, 6) is 0.607. The third-order valence-corrected chi connectivity index (χ3v) is 4.70. The Morgan fingerprint density at radius 3 is 2.46 bits per heavy atom. The molecule has 0 aliphatic carbocycles. The lowest BCUT2D eigenvalue weighted by molar-refractivity contribution is 0.102. The number of carbonyl (C=O) groups excluding carboxylic acids is 1. The Morgan fingerprint density at radius 1 is 1.14 bits per heavy atom. The fraction of sp³-hybridized carbons (Fsp3) is 0.190. The van der Waals surface area contributed by atoms with E-state index >= 15 is 0 Å². The normalized spacial score (nSPS) is 11.6. The molecule has 1 amide bonds. The van der Waals surface area contributed by atoms with Gasteiger partial charge < -0.3 is 15.4 Å². The number of carbonyl (C=O) groups is 1. The molecular weight excluding hydrogens is 376 g/mol. The summed E-state index contributed by atoms with van der Waals surface area (Å²) in [4.78, 5) is 21.0. The molecule has 28 heavy (non-hydrogen) atoms. The van der Waals surface area contributed by atoms with E-state index in [1.165, 1.54) is 19.5 Å². The highest BCUT2D eigenvalue weighted by Crippen LogP contribution is 2.31. The summed E-state index contributed by atoms with van der Waals surface area (Å²) in [7, 11) is 1.52. The van der Waals surface area contributed by atoms with Crippen molar-refractivity contribution in [2.75, 3.05) is 17.7 Å². The number of hydrogen-bond acceptors (Lipinski definition) is 5. The molecule has 1 heterocycles. The molecule has 0 aliphatic heterocycles. The highest BCUT2D eigenvalue weighted by atomic mass is 35.5. The molecule has 0 fully saturated rings. The molecule has 0 saturated heterocycles. The van der Waals surface area contributed by atoms with E-state index in [4.69, 9.17) is 16.3 Å². The number of methoxy groups -OCH3 is 1. The predicted octanol–water partition coefficient (Wildman–Crippen LogP) is 4.87. The quantitative estimate of drug-likeness (QED) is 0.621. The van der Waals surface area contributed by atoms with Gasteiger partial charge in [0.25, 0.3) is 5.91 Å². The number of halogens is 1. The van der Waals surface area contributed by atoms with Gasteiger partial charge in [0.05, 0.1) is 24.4 Å². The molecular formula is C21H21ClN4O2. The average molecular weight is 397 g/mol. The molecule has 7 heteroatoms.